The molecule has 0 saturated carbocycles. The van der Waals surface area contributed by atoms with Crippen LogP contribution in [0.2, 0.25) is 0 Å². The van der Waals surface area contributed by atoms with Gasteiger partial charge in [0.25, 0.3) is 5.69 Å². The van der Waals surface area contributed by atoms with E-state index in [0.29, 0.717) is 5.56 Å². The molecule has 0 radical (unpaired) electrons. The summed E-state index contributed by atoms with van der Waals surface area (Å²) in [7, 11) is -4.15. The first-order valence-corrected chi connectivity index (χ1v) is 11.0. The number of carbonyl (C=O) groups excluding carboxylic acids is 1. The van der Waals surface area contributed by atoms with Gasteiger partial charge in [0.15, 0.2) is 0 Å². The highest BCUT2D eigenvalue weighted by atomic mass is 32.2. The predicted molar refractivity (Wildman–Crippen MR) is 117 cm³/mol. The van der Waals surface area contributed by atoms with Crippen LogP contribution in [0.1, 0.15) is 11.1 Å². The average molecular weight is 457 g/mol. The summed E-state index contributed by atoms with van der Waals surface area (Å²) in [5.41, 5.74) is 0.966. The topological polar surface area (TPSA) is 118 Å². The highest BCUT2D eigenvalue weighted by Gasteiger charge is 2.27. The molecule has 2 N–H and O–H groups in total. The van der Waals surface area contributed by atoms with Crippen molar-refractivity contribution < 1.29 is 22.5 Å². The number of hydrogen-bond acceptors (Lipinski definition) is 5. The lowest BCUT2D eigenvalue weighted by Gasteiger charge is -2.19. The molecule has 0 bridgehead atoms. The first-order chi connectivity index (χ1) is 15.2. The van der Waals surface area contributed by atoms with Crippen LogP contribution in [0.15, 0.2) is 77.7 Å². The van der Waals surface area contributed by atoms with Crippen molar-refractivity contribution in [3.8, 4) is 0 Å². The summed E-state index contributed by atoms with van der Waals surface area (Å²) in [6.45, 7) is 1.49. The third-order valence-corrected chi connectivity index (χ3v) is 6.27. The van der Waals surface area contributed by atoms with Crippen molar-refractivity contribution in [2.75, 3.05) is 5.32 Å². The van der Waals surface area contributed by atoms with Crippen LogP contribution in [0, 0.1) is 22.9 Å². The molecule has 32 heavy (non-hydrogen) atoms. The molecule has 0 saturated heterocycles. The van der Waals surface area contributed by atoms with Crippen molar-refractivity contribution in [1.29, 1.82) is 0 Å². The van der Waals surface area contributed by atoms with Crippen molar-refractivity contribution in [2.45, 2.75) is 24.3 Å². The second-order valence-electron chi connectivity index (χ2n) is 7.01. The van der Waals surface area contributed by atoms with Gasteiger partial charge in [0, 0.05) is 6.07 Å². The van der Waals surface area contributed by atoms with Gasteiger partial charge in [-0.3, -0.25) is 14.9 Å². The maximum Gasteiger partial charge on any atom is 0.274 e. The van der Waals surface area contributed by atoms with Gasteiger partial charge in [-0.15, -0.1) is 0 Å². The molecule has 1 amide bonds. The van der Waals surface area contributed by atoms with Crippen LogP contribution in [-0.4, -0.2) is 25.3 Å². The zero-order valence-corrected chi connectivity index (χ0v) is 17.8. The van der Waals surface area contributed by atoms with E-state index >= 15 is 0 Å². The Labute approximate surface area is 184 Å². The number of hydrogen-bond donors (Lipinski definition) is 2. The van der Waals surface area contributed by atoms with Gasteiger partial charge in [0.1, 0.15) is 11.9 Å². The lowest BCUT2D eigenvalue weighted by Crippen LogP contribution is -2.45. The maximum atomic E-state index is 13.2. The molecule has 0 unspecified atom stereocenters. The summed E-state index contributed by atoms with van der Waals surface area (Å²) in [4.78, 5) is 23.5. The summed E-state index contributed by atoms with van der Waals surface area (Å²) in [5.74, 6) is -1.29. The molecule has 0 fully saturated rings. The number of nitrogens with one attached hydrogen (secondary N) is 2. The van der Waals surface area contributed by atoms with Crippen LogP contribution in [-0.2, 0) is 21.2 Å². The molecule has 0 heterocycles. The standard InChI is InChI=1S/C22H20FN3O5S/c1-15-19(8-5-9-21(15)26(28)29)24-22(27)20(14-16-6-3-2-4-7-16)25-32(30,31)18-12-10-17(23)11-13-18/h2-13,20,25H,14H2,1H3,(H,24,27)/t20-/m0/s1. The highest BCUT2D eigenvalue weighted by Crippen LogP contribution is 2.25. The number of nitrogens with zero attached hydrogens (tertiary/aromatic N) is 1. The molecule has 8 nitrogen and oxygen atoms in total. The Balaban J connectivity index is 1.90. The molecule has 1 atom stereocenters. The molecule has 0 aliphatic carbocycles. The summed E-state index contributed by atoms with van der Waals surface area (Å²) in [6, 6.07) is 16.0. The normalized spacial score (nSPS) is 12.2. The molecule has 0 aliphatic rings. The highest BCUT2D eigenvalue weighted by molar-refractivity contribution is 7.89. The van der Waals surface area contributed by atoms with Crippen LogP contribution in [0.5, 0.6) is 0 Å². The van der Waals surface area contributed by atoms with E-state index in [1.54, 1.807) is 30.3 Å². The minimum absolute atomic E-state index is 0.0288. The summed E-state index contributed by atoms with van der Waals surface area (Å²) in [6.07, 6.45) is 0.0288. The van der Waals surface area contributed by atoms with Gasteiger partial charge >= 0.3 is 0 Å². The van der Waals surface area contributed by atoms with Crippen molar-refractivity contribution in [3.63, 3.8) is 0 Å². The number of halogens is 1. The van der Waals surface area contributed by atoms with E-state index in [-0.39, 0.29) is 28.3 Å². The largest absolute Gasteiger partial charge is 0.324 e. The van der Waals surface area contributed by atoms with E-state index < -0.39 is 32.7 Å². The second kappa shape index (κ2) is 9.67. The van der Waals surface area contributed by atoms with Gasteiger partial charge in [-0.25, -0.2) is 12.8 Å². The fraction of sp³-hybridized carbons (Fsp3) is 0.136. The Morgan fingerprint density at radius 2 is 1.69 bits per heavy atom. The lowest BCUT2D eigenvalue weighted by atomic mass is 10.1. The number of anilines is 1. The lowest BCUT2D eigenvalue weighted by molar-refractivity contribution is -0.385. The number of sulfonamides is 1. The molecule has 10 heteroatoms. The fourth-order valence-corrected chi connectivity index (χ4v) is 4.28. The monoisotopic (exact) mass is 457 g/mol. The Hall–Kier alpha value is -3.63. The zero-order chi connectivity index (χ0) is 23.3. The van der Waals surface area contributed by atoms with Crippen molar-refractivity contribution >= 4 is 27.3 Å². The van der Waals surface area contributed by atoms with Crippen LogP contribution in [0.25, 0.3) is 0 Å². The van der Waals surface area contributed by atoms with Crippen LogP contribution in [0.4, 0.5) is 15.8 Å². The van der Waals surface area contributed by atoms with Crippen LogP contribution in [0.3, 0.4) is 0 Å². The molecule has 3 rings (SSSR count). The molecule has 3 aromatic rings. The van der Waals surface area contributed by atoms with Gasteiger partial charge in [0.05, 0.1) is 21.1 Å². The molecular formula is C22H20FN3O5S. The second-order valence-corrected chi connectivity index (χ2v) is 8.73. The first-order valence-electron chi connectivity index (χ1n) is 9.54. The van der Waals surface area contributed by atoms with Crippen molar-refractivity contribution in [1.82, 2.24) is 4.72 Å². The van der Waals surface area contributed by atoms with Gasteiger partial charge in [-0.1, -0.05) is 36.4 Å². The molecule has 0 spiro atoms. The quantitative estimate of drug-likeness (QED) is 0.396. The predicted octanol–water partition coefficient (Wildman–Crippen LogP) is 3.57. The van der Waals surface area contributed by atoms with Gasteiger partial charge in [0.2, 0.25) is 15.9 Å². The first kappa shape index (κ1) is 23.0. The number of benzene rings is 3. The zero-order valence-electron chi connectivity index (χ0n) is 17.0. The molecule has 0 aliphatic heterocycles. The third-order valence-electron chi connectivity index (χ3n) is 4.78. The molecular weight excluding hydrogens is 437 g/mol. The average Bonchev–Trinajstić information content (AvgIpc) is 2.75. The Bertz CT molecular complexity index is 1230. The van der Waals surface area contributed by atoms with E-state index in [1.165, 1.54) is 25.1 Å². The fourth-order valence-electron chi connectivity index (χ4n) is 3.08. The SMILES string of the molecule is Cc1c(NC(=O)[C@H](Cc2ccccc2)NS(=O)(=O)c2ccc(F)cc2)cccc1[N+](=O)[O-]. The van der Waals surface area contributed by atoms with E-state index in [0.717, 1.165) is 24.3 Å². The smallest absolute Gasteiger partial charge is 0.274 e. The number of carbonyl (C=O) groups is 1. The van der Waals surface area contributed by atoms with Gasteiger partial charge < -0.3 is 5.32 Å². The molecule has 3 aromatic carbocycles. The van der Waals surface area contributed by atoms with Gasteiger partial charge in [-0.2, -0.15) is 4.72 Å². The van der Waals surface area contributed by atoms with E-state index in [2.05, 4.69) is 10.0 Å². The number of nitro benzene ring substituents is 1. The molecule has 0 aromatic heterocycles. The van der Waals surface area contributed by atoms with Crippen molar-refractivity contribution in [2.24, 2.45) is 0 Å². The summed E-state index contributed by atoms with van der Waals surface area (Å²) >= 11 is 0. The molecule has 166 valence electrons. The summed E-state index contributed by atoms with van der Waals surface area (Å²) in [5, 5.41) is 13.8. The van der Waals surface area contributed by atoms with E-state index in [9.17, 15) is 27.7 Å². The van der Waals surface area contributed by atoms with Crippen molar-refractivity contribution in [3.05, 3.63) is 99.9 Å². The Kier molecular flexibility index (Phi) is 6.96. The Morgan fingerprint density at radius 1 is 1.03 bits per heavy atom. The van der Waals surface area contributed by atoms with Gasteiger partial charge in [-0.05, 0) is 49.2 Å². The maximum absolute atomic E-state index is 13.2. The Morgan fingerprint density at radius 3 is 2.31 bits per heavy atom. The van der Waals surface area contributed by atoms with E-state index in [1.807, 2.05) is 0 Å². The summed E-state index contributed by atoms with van der Waals surface area (Å²) < 4.78 is 41.2. The number of nitro groups is 1. The van der Waals surface area contributed by atoms with Crippen LogP contribution < -0.4 is 10.0 Å². The van der Waals surface area contributed by atoms with E-state index in [4.69, 9.17) is 0 Å². The minimum atomic E-state index is -4.15. The minimum Gasteiger partial charge on any atom is -0.324 e. The third kappa shape index (κ3) is 5.54. The number of rotatable bonds is 8. The number of amides is 1. The van der Waals surface area contributed by atoms with Crippen LogP contribution >= 0.6 is 0 Å².